The molecule has 0 fully saturated rings. The Morgan fingerprint density at radius 3 is 2.61 bits per heavy atom. The van der Waals surface area contributed by atoms with E-state index in [1.165, 1.54) is 7.11 Å². The fourth-order valence-electron chi connectivity index (χ4n) is 4.12. The van der Waals surface area contributed by atoms with Crippen molar-refractivity contribution in [3.05, 3.63) is 75.3 Å². The number of hydrogen-bond acceptors (Lipinski definition) is 6. The van der Waals surface area contributed by atoms with Crippen molar-refractivity contribution in [1.29, 1.82) is 0 Å². The zero-order valence-corrected chi connectivity index (χ0v) is 19.0. The van der Waals surface area contributed by atoms with Gasteiger partial charge in [-0.25, -0.2) is 4.79 Å². The van der Waals surface area contributed by atoms with E-state index in [9.17, 15) is 14.4 Å². The SMILES string of the molecule is COc1ccc2c(C)c(CCC(=O)OC(C)C(=O)c3c(C)[nH]c4ccccc34)c(=O)oc2c1. The third kappa shape index (κ3) is 4.26. The van der Waals surface area contributed by atoms with Gasteiger partial charge < -0.3 is 18.9 Å². The number of Topliss-reactive ketones (excluding diaryl/α,β-unsaturated/α-hetero) is 1. The highest BCUT2D eigenvalue weighted by molar-refractivity contribution is 6.11. The van der Waals surface area contributed by atoms with Crippen molar-refractivity contribution in [2.24, 2.45) is 0 Å². The van der Waals surface area contributed by atoms with E-state index in [-0.39, 0.29) is 18.6 Å². The van der Waals surface area contributed by atoms with Gasteiger partial charge in [-0.2, -0.15) is 0 Å². The lowest BCUT2D eigenvalue weighted by molar-refractivity contribution is -0.146. The highest BCUT2D eigenvalue weighted by Gasteiger charge is 2.24. The van der Waals surface area contributed by atoms with Crippen molar-refractivity contribution in [1.82, 2.24) is 4.98 Å². The van der Waals surface area contributed by atoms with Gasteiger partial charge in [0.1, 0.15) is 11.3 Å². The van der Waals surface area contributed by atoms with Crippen molar-refractivity contribution in [2.45, 2.75) is 39.7 Å². The summed E-state index contributed by atoms with van der Waals surface area (Å²) in [7, 11) is 1.54. The maximum atomic E-state index is 13.0. The molecule has 2 aromatic heterocycles. The van der Waals surface area contributed by atoms with Gasteiger partial charge in [-0.3, -0.25) is 9.59 Å². The van der Waals surface area contributed by atoms with Crippen molar-refractivity contribution in [2.75, 3.05) is 7.11 Å². The summed E-state index contributed by atoms with van der Waals surface area (Å²) in [4.78, 5) is 41.2. The molecule has 170 valence electrons. The minimum atomic E-state index is -0.947. The molecular weight excluding hydrogens is 422 g/mol. The summed E-state index contributed by atoms with van der Waals surface area (Å²) in [6.07, 6.45) is -0.836. The molecule has 1 unspecified atom stereocenters. The second kappa shape index (κ2) is 8.94. The Bertz CT molecular complexity index is 1430. The summed E-state index contributed by atoms with van der Waals surface area (Å²) in [5.74, 6) is -0.235. The highest BCUT2D eigenvalue weighted by atomic mass is 16.5. The molecule has 0 radical (unpaired) electrons. The molecule has 0 amide bonds. The predicted octanol–water partition coefficient (Wildman–Crippen LogP) is 4.65. The number of ether oxygens (including phenoxy) is 2. The minimum absolute atomic E-state index is 0.0439. The largest absolute Gasteiger partial charge is 0.497 e. The molecule has 0 aliphatic heterocycles. The number of carbonyl (C=O) groups is 2. The van der Waals surface area contributed by atoms with Crippen molar-refractivity contribution in [3.63, 3.8) is 0 Å². The van der Waals surface area contributed by atoms with Gasteiger partial charge in [0, 0.05) is 45.6 Å². The Morgan fingerprint density at radius 1 is 1.09 bits per heavy atom. The fraction of sp³-hybridized carbons (Fsp3) is 0.269. The number of aryl methyl sites for hydroxylation is 2. The number of H-pyrrole nitrogens is 1. The van der Waals surface area contributed by atoms with Crippen molar-refractivity contribution >= 4 is 33.6 Å². The van der Waals surface area contributed by atoms with Gasteiger partial charge >= 0.3 is 11.6 Å². The molecule has 0 saturated carbocycles. The molecule has 0 aliphatic rings. The number of esters is 1. The van der Waals surface area contributed by atoms with Crippen LogP contribution < -0.4 is 10.4 Å². The number of rotatable bonds is 7. The lowest BCUT2D eigenvalue weighted by atomic mass is 10.0. The van der Waals surface area contributed by atoms with Crippen LogP contribution in [0.4, 0.5) is 0 Å². The number of hydrogen-bond donors (Lipinski definition) is 1. The quantitative estimate of drug-likeness (QED) is 0.252. The van der Waals surface area contributed by atoms with E-state index in [0.717, 1.165) is 27.5 Å². The average Bonchev–Trinajstić information content (AvgIpc) is 3.13. The molecular formula is C26H25NO6. The molecule has 4 rings (SSSR count). The van der Waals surface area contributed by atoms with E-state index >= 15 is 0 Å². The van der Waals surface area contributed by atoms with Gasteiger partial charge in [0.25, 0.3) is 0 Å². The van der Waals surface area contributed by atoms with Crippen LogP contribution in [0.25, 0.3) is 21.9 Å². The number of aromatic nitrogens is 1. The van der Waals surface area contributed by atoms with Gasteiger partial charge in [-0.1, -0.05) is 18.2 Å². The molecule has 7 nitrogen and oxygen atoms in total. The molecule has 0 bridgehead atoms. The summed E-state index contributed by atoms with van der Waals surface area (Å²) in [6.45, 7) is 5.20. The highest BCUT2D eigenvalue weighted by Crippen LogP contribution is 2.26. The first-order chi connectivity index (χ1) is 15.8. The number of nitrogens with one attached hydrogen (secondary N) is 1. The first-order valence-electron chi connectivity index (χ1n) is 10.7. The lowest BCUT2D eigenvalue weighted by Gasteiger charge is -2.13. The second-order valence-electron chi connectivity index (χ2n) is 8.02. The Labute approximate surface area is 190 Å². The summed E-state index contributed by atoms with van der Waals surface area (Å²) < 4.78 is 16.0. The maximum Gasteiger partial charge on any atom is 0.339 e. The predicted molar refractivity (Wildman–Crippen MR) is 125 cm³/mol. The standard InChI is InChI=1S/C26H25NO6/c1-14-18-10-9-17(31-4)13-22(18)33-26(30)19(14)11-12-23(28)32-16(3)25(29)24-15(2)27-21-8-6-5-7-20(21)24/h5-10,13,16,27H,11-12H2,1-4H3. The Balaban J connectivity index is 1.47. The topological polar surface area (TPSA) is 98.6 Å². The smallest absolute Gasteiger partial charge is 0.339 e. The van der Waals surface area contributed by atoms with Crippen LogP contribution in [0.2, 0.25) is 0 Å². The molecule has 2 heterocycles. The van der Waals surface area contributed by atoms with E-state index in [2.05, 4.69) is 4.98 Å². The average molecular weight is 447 g/mol. The van der Waals surface area contributed by atoms with Crippen LogP contribution in [0.5, 0.6) is 5.75 Å². The zero-order valence-electron chi connectivity index (χ0n) is 19.0. The van der Waals surface area contributed by atoms with E-state index in [1.807, 2.05) is 44.2 Å². The molecule has 0 spiro atoms. The van der Waals surface area contributed by atoms with E-state index in [4.69, 9.17) is 13.9 Å². The van der Waals surface area contributed by atoms with Crippen LogP contribution in [-0.4, -0.2) is 30.0 Å². The van der Waals surface area contributed by atoms with Crippen LogP contribution in [0.1, 0.15) is 40.5 Å². The minimum Gasteiger partial charge on any atom is -0.497 e. The molecule has 1 N–H and O–H groups in total. The summed E-state index contributed by atoms with van der Waals surface area (Å²) in [6, 6.07) is 12.8. The summed E-state index contributed by atoms with van der Waals surface area (Å²) in [5.41, 5.74) is 3.19. The lowest BCUT2D eigenvalue weighted by Crippen LogP contribution is -2.25. The van der Waals surface area contributed by atoms with Crippen molar-refractivity contribution in [3.8, 4) is 5.75 Å². The van der Waals surface area contributed by atoms with Gasteiger partial charge in [-0.15, -0.1) is 0 Å². The molecule has 4 aromatic rings. The first kappa shape index (κ1) is 22.3. The first-order valence-corrected chi connectivity index (χ1v) is 10.7. The molecule has 33 heavy (non-hydrogen) atoms. The number of carbonyl (C=O) groups excluding carboxylic acids is 2. The number of benzene rings is 2. The Hall–Kier alpha value is -3.87. The van der Waals surface area contributed by atoms with E-state index in [1.54, 1.807) is 19.1 Å². The molecule has 0 aliphatic carbocycles. The summed E-state index contributed by atoms with van der Waals surface area (Å²) >= 11 is 0. The Kier molecular flexibility index (Phi) is 6.05. The van der Waals surface area contributed by atoms with Crippen LogP contribution in [0.3, 0.4) is 0 Å². The number of aromatic amines is 1. The van der Waals surface area contributed by atoms with E-state index < -0.39 is 17.7 Å². The van der Waals surface area contributed by atoms with Gasteiger partial charge in [0.15, 0.2) is 6.10 Å². The fourth-order valence-corrected chi connectivity index (χ4v) is 4.12. The van der Waals surface area contributed by atoms with Gasteiger partial charge in [0.05, 0.1) is 7.11 Å². The third-order valence-corrected chi connectivity index (χ3v) is 5.89. The van der Waals surface area contributed by atoms with E-state index in [0.29, 0.717) is 22.5 Å². The number of para-hydroxylation sites is 1. The van der Waals surface area contributed by atoms with Crippen LogP contribution >= 0.6 is 0 Å². The molecule has 1 atom stereocenters. The monoisotopic (exact) mass is 447 g/mol. The normalized spacial score (nSPS) is 12.1. The number of fused-ring (bicyclic) bond motifs is 2. The van der Waals surface area contributed by atoms with Crippen LogP contribution in [-0.2, 0) is 16.0 Å². The second-order valence-corrected chi connectivity index (χ2v) is 8.02. The van der Waals surface area contributed by atoms with Gasteiger partial charge in [0.2, 0.25) is 5.78 Å². The van der Waals surface area contributed by atoms with Crippen LogP contribution in [0.15, 0.2) is 51.7 Å². The maximum absolute atomic E-state index is 13.0. The zero-order chi connectivity index (χ0) is 23.7. The summed E-state index contributed by atoms with van der Waals surface area (Å²) in [5, 5.41) is 1.57. The Morgan fingerprint density at radius 2 is 1.85 bits per heavy atom. The van der Waals surface area contributed by atoms with Crippen molar-refractivity contribution < 1.29 is 23.5 Å². The third-order valence-electron chi connectivity index (χ3n) is 5.89. The molecule has 2 aromatic carbocycles. The van der Waals surface area contributed by atoms with Crippen LogP contribution in [0, 0.1) is 13.8 Å². The van der Waals surface area contributed by atoms with Gasteiger partial charge in [-0.05, 0) is 51.0 Å². The number of ketones is 1. The molecule has 7 heteroatoms. The number of methoxy groups -OCH3 is 1. The molecule has 0 saturated heterocycles.